The number of terminal acetylenes is 1. The molecule has 0 fully saturated rings. The number of hydrogen-bond acceptors (Lipinski definition) is 2. The third kappa shape index (κ3) is 2.96. The zero-order chi connectivity index (χ0) is 19.8. The molecule has 0 radical (unpaired) electrons. The Morgan fingerprint density at radius 1 is 0.731 bits per heavy atom. The Hall–Kier alpha value is -2.41. The summed E-state index contributed by atoms with van der Waals surface area (Å²) in [6, 6.07) is 0. The molecule has 2 rings (SSSR count). The highest BCUT2D eigenvalue weighted by Crippen LogP contribution is 2.41. The number of rotatable bonds is 4. The Balaban J connectivity index is 2.90. The number of halogens is 8. The van der Waals surface area contributed by atoms with Crippen molar-refractivity contribution in [1.29, 1.82) is 0 Å². The maximum Gasteiger partial charge on any atom is 0.204 e. The normalized spacial score (nSPS) is 10.8. The number of thioether (sulfide) groups is 1. The lowest BCUT2D eigenvalue weighted by atomic mass is 10.0. The van der Waals surface area contributed by atoms with E-state index < -0.39 is 74.9 Å². The van der Waals surface area contributed by atoms with E-state index in [4.69, 9.17) is 6.42 Å². The summed E-state index contributed by atoms with van der Waals surface area (Å²) in [5.41, 5.74) is -3.90. The van der Waals surface area contributed by atoms with Crippen LogP contribution in [0.4, 0.5) is 35.1 Å². The number of benzene rings is 2. The van der Waals surface area contributed by atoms with E-state index in [1.54, 1.807) is 5.92 Å². The Labute approximate surface area is 146 Å². The Bertz CT molecular complexity index is 877. The molecular formula is C16H6F8OS. The molecule has 0 aliphatic rings. The summed E-state index contributed by atoms with van der Waals surface area (Å²) in [5.74, 6) is -17.2. The minimum atomic E-state index is -2.32. The fourth-order valence-corrected chi connectivity index (χ4v) is 2.62. The molecule has 0 spiro atoms. The zero-order valence-electron chi connectivity index (χ0n) is 12.6. The van der Waals surface area contributed by atoms with Gasteiger partial charge in [-0.05, 0) is 6.26 Å². The summed E-state index contributed by atoms with van der Waals surface area (Å²) in [5, 5.41) is 0. The lowest BCUT2D eigenvalue weighted by Crippen LogP contribution is -2.10. The molecule has 0 aliphatic heterocycles. The smallest absolute Gasteiger partial charge is 0.204 e. The second kappa shape index (κ2) is 7.45. The third-order valence-electron chi connectivity index (χ3n) is 3.20. The van der Waals surface area contributed by atoms with Crippen molar-refractivity contribution in [2.45, 2.75) is 4.90 Å². The molecule has 1 nitrogen and oxygen atoms in total. The fourth-order valence-electron chi connectivity index (χ4n) is 2.08. The van der Waals surface area contributed by atoms with Crippen molar-refractivity contribution < 1.29 is 39.9 Å². The first-order valence-electron chi connectivity index (χ1n) is 6.51. The van der Waals surface area contributed by atoms with Gasteiger partial charge in [0, 0.05) is 0 Å². The molecule has 0 aromatic heterocycles. The van der Waals surface area contributed by atoms with Crippen molar-refractivity contribution >= 4 is 11.8 Å². The van der Waals surface area contributed by atoms with Gasteiger partial charge in [0.15, 0.2) is 40.7 Å². The molecule has 0 amide bonds. The van der Waals surface area contributed by atoms with Gasteiger partial charge < -0.3 is 4.74 Å². The monoisotopic (exact) mass is 398 g/mol. The number of ether oxygens (including phenoxy) is 1. The van der Waals surface area contributed by atoms with E-state index in [9.17, 15) is 35.1 Å². The third-order valence-corrected chi connectivity index (χ3v) is 3.97. The molecule has 0 unspecified atom stereocenters. The molecule has 2 aromatic carbocycles. The van der Waals surface area contributed by atoms with E-state index in [-0.39, 0.29) is 11.8 Å². The van der Waals surface area contributed by atoms with Gasteiger partial charge in [0.25, 0.3) is 0 Å². The van der Waals surface area contributed by atoms with Gasteiger partial charge in [-0.2, -0.15) is 8.78 Å². The number of hydrogen-bond donors (Lipinski definition) is 0. The first-order chi connectivity index (χ1) is 12.2. The average Bonchev–Trinajstić information content (AvgIpc) is 2.62. The molecule has 0 saturated heterocycles. The standard InChI is InChI=1S/C16H6F8OS/c1-3-4-25-15-11(21)7(17)5(8(18)12(15)22)6-9(19)13(23)16(26-2)14(24)10(6)20/h1H,4H2,2H3. The van der Waals surface area contributed by atoms with Crippen LogP contribution < -0.4 is 4.74 Å². The first-order valence-corrected chi connectivity index (χ1v) is 7.73. The molecule has 2 aromatic rings. The average molecular weight is 398 g/mol. The van der Waals surface area contributed by atoms with E-state index in [0.29, 0.717) is 0 Å². The predicted molar refractivity (Wildman–Crippen MR) is 77.7 cm³/mol. The largest absolute Gasteiger partial charge is 0.475 e. The van der Waals surface area contributed by atoms with Crippen LogP contribution in [0.2, 0.25) is 0 Å². The van der Waals surface area contributed by atoms with Crippen LogP contribution in [-0.2, 0) is 0 Å². The Morgan fingerprint density at radius 3 is 1.46 bits per heavy atom. The van der Waals surface area contributed by atoms with Crippen molar-refractivity contribution in [1.82, 2.24) is 0 Å². The van der Waals surface area contributed by atoms with Crippen molar-refractivity contribution in [3.63, 3.8) is 0 Å². The van der Waals surface area contributed by atoms with Gasteiger partial charge in [0.2, 0.25) is 11.6 Å². The molecule has 0 aliphatic carbocycles. The van der Waals surface area contributed by atoms with E-state index in [1.165, 1.54) is 0 Å². The van der Waals surface area contributed by atoms with Crippen LogP contribution in [0.25, 0.3) is 11.1 Å². The van der Waals surface area contributed by atoms with Crippen molar-refractivity contribution in [2.75, 3.05) is 12.9 Å². The molecule has 0 bridgehead atoms. The molecule has 10 heteroatoms. The van der Waals surface area contributed by atoms with Crippen LogP contribution in [0.15, 0.2) is 4.90 Å². The van der Waals surface area contributed by atoms with Crippen LogP contribution in [0, 0.1) is 58.9 Å². The van der Waals surface area contributed by atoms with E-state index in [0.717, 1.165) is 6.26 Å². The van der Waals surface area contributed by atoms with Crippen LogP contribution in [0.5, 0.6) is 5.75 Å². The SMILES string of the molecule is C#CCOc1c(F)c(F)c(-c2c(F)c(F)c(SC)c(F)c2F)c(F)c1F. The van der Waals surface area contributed by atoms with Gasteiger partial charge in [0.1, 0.15) is 6.61 Å². The van der Waals surface area contributed by atoms with Crippen LogP contribution >= 0.6 is 11.8 Å². The first kappa shape index (κ1) is 19.9. The highest BCUT2D eigenvalue weighted by Gasteiger charge is 2.34. The summed E-state index contributed by atoms with van der Waals surface area (Å²) in [6.45, 7) is -0.777. The lowest BCUT2D eigenvalue weighted by molar-refractivity contribution is 0.307. The maximum atomic E-state index is 14.1. The minimum absolute atomic E-state index is 0.276. The highest BCUT2D eigenvalue weighted by molar-refractivity contribution is 7.98. The van der Waals surface area contributed by atoms with Gasteiger partial charge in [-0.1, -0.05) is 5.92 Å². The second-order valence-corrected chi connectivity index (χ2v) is 5.43. The lowest BCUT2D eigenvalue weighted by Gasteiger charge is -2.15. The van der Waals surface area contributed by atoms with E-state index in [1.807, 2.05) is 0 Å². The molecule has 138 valence electrons. The molecule has 26 heavy (non-hydrogen) atoms. The Morgan fingerprint density at radius 2 is 1.12 bits per heavy atom. The maximum absolute atomic E-state index is 14.1. The molecule has 0 heterocycles. The summed E-state index contributed by atoms with van der Waals surface area (Å²) < 4.78 is 116. The van der Waals surface area contributed by atoms with Gasteiger partial charge >= 0.3 is 0 Å². The topological polar surface area (TPSA) is 9.23 Å². The zero-order valence-corrected chi connectivity index (χ0v) is 13.4. The summed E-state index contributed by atoms with van der Waals surface area (Å²) in [7, 11) is 0. The van der Waals surface area contributed by atoms with Crippen LogP contribution in [0.3, 0.4) is 0 Å². The van der Waals surface area contributed by atoms with Crippen molar-refractivity contribution in [3.8, 4) is 29.2 Å². The molecule has 0 atom stereocenters. The van der Waals surface area contributed by atoms with Crippen molar-refractivity contribution in [2.24, 2.45) is 0 Å². The summed E-state index contributed by atoms with van der Waals surface area (Å²) >= 11 is 0.276. The predicted octanol–water partition coefficient (Wildman–Crippen LogP) is 5.20. The Kier molecular flexibility index (Phi) is 5.71. The minimum Gasteiger partial charge on any atom is -0.475 e. The summed E-state index contributed by atoms with van der Waals surface area (Å²) in [4.78, 5) is -1.11. The van der Waals surface area contributed by atoms with Crippen molar-refractivity contribution in [3.05, 3.63) is 46.5 Å². The van der Waals surface area contributed by atoms with Gasteiger partial charge in [-0.25, -0.2) is 26.3 Å². The van der Waals surface area contributed by atoms with E-state index >= 15 is 0 Å². The van der Waals surface area contributed by atoms with Gasteiger partial charge in [-0.15, -0.1) is 18.2 Å². The van der Waals surface area contributed by atoms with Crippen LogP contribution in [-0.4, -0.2) is 12.9 Å². The van der Waals surface area contributed by atoms with Gasteiger partial charge in [-0.3, -0.25) is 0 Å². The highest BCUT2D eigenvalue weighted by atomic mass is 32.2. The molecule has 0 saturated carbocycles. The molecular weight excluding hydrogens is 392 g/mol. The van der Waals surface area contributed by atoms with Gasteiger partial charge in [0.05, 0.1) is 16.0 Å². The summed E-state index contributed by atoms with van der Waals surface area (Å²) in [6.07, 6.45) is 5.86. The molecule has 0 N–H and O–H groups in total. The second-order valence-electron chi connectivity index (χ2n) is 4.62. The van der Waals surface area contributed by atoms with E-state index in [2.05, 4.69) is 4.74 Å². The fraction of sp³-hybridized carbons (Fsp3) is 0.125. The van der Waals surface area contributed by atoms with Crippen LogP contribution in [0.1, 0.15) is 0 Å². The quantitative estimate of drug-likeness (QED) is 0.303.